The molecule has 4 nitrogen and oxygen atoms in total. The van der Waals surface area contributed by atoms with Crippen LogP contribution in [0.1, 0.15) is 30.8 Å². The van der Waals surface area contributed by atoms with Gasteiger partial charge < -0.3 is 9.51 Å². The predicted molar refractivity (Wildman–Crippen MR) is 63.1 cm³/mol. The average molecular weight is 230 g/mol. The van der Waals surface area contributed by atoms with Crippen LogP contribution in [0, 0.1) is 6.92 Å². The molecule has 0 spiro atoms. The van der Waals surface area contributed by atoms with Gasteiger partial charge in [-0.3, -0.25) is 4.79 Å². The molecule has 0 aliphatic heterocycles. The zero-order valence-corrected chi connectivity index (χ0v) is 9.68. The van der Waals surface area contributed by atoms with Crippen LogP contribution in [-0.4, -0.2) is 20.5 Å². The van der Waals surface area contributed by atoms with E-state index in [0.29, 0.717) is 0 Å². The Bertz CT molecular complexity index is 596. The molecule has 0 radical (unpaired) electrons. The van der Waals surface area contributed by atoms with Crippen LogP contribution in [0.5, 0.6) is 0 Å². The molecule has 0 amide bonds. The van der Waals surface area contributed by atoms with Crippen LogP contribution in [0.2, 0.25) is 0 Å². The molecule has 2 heterocycles. The van der Waals surface area contributed by atoms with Crippen molar-refractivity contribution in [1.82, 2.24) is 9.38 Å². The van der Waals surface area contributed by atoms with Crippen LogP contribution in [0.25, 0.3) is 5.52 Å². The lowest BCUT2D eigenvalue weighted by atomic mass is 10.0. The largest absolute Gasteiger partial charge is 0.481 e. The number of hydrogen-bond donors (Lipinski definition) is 1. The number of carboxylic acids is 1. The average Bonchev–Trinajstić information content (AvgIpc) is 2.97. The Morgan fingerprint density at radius 3 is 2.94 bits per heavy atom. The van der Waals surface area contributed by atoms with Gasteiger partial charge in [-0.1, -0.05) is 6.07 Å². The summed E-state index contributed by atoms with van der Waals surface area (Å²) in [6, 6.07) is 5.95. The summed E-state index contributed by atoms with van der Waals surface area (Å²) in [6.45, 7) is 1.97. The maximum Gasteiger partial charge on any atom is 0.304 e. The molecular formula is C13H14N2O2. The third-order valence-electron chi connectivity index (χ3n) is 3.55. The molecule has 2 aromatic rings. The maximum atomic E-state index is 10.9. The number of imidazole rings is 1. The SMILES string of the molecule is Cc1nc(C2(CC(=O)O)CC2)n2ccccc12. The number of fused-ring (bicyclic) bond motifs is 1. The first-order valence-electron chi connectivity index (χ1n) is 5.78. The normalized spacial score (nSPS) is 17.2. The summed E-state index contributed by atoms with van der Waals surface area (Å²) < 4.78 is 2.03. The Morgan fingerprint density at radius 1 is 1.53 bits per heavy atom. The van der Waals surface area contributed by atoms with E-state index < -0.39 is 5.97 Å². The summed E-state index contributed by atoms with van der Waals surface area (Å²) in [5, 5.41) is 8.99. The van der Waals surface area contributed by atoms with E-state index in [-0.39, 0.29) is 11.8 Å². The molecule has 0 saturated heterocycles. The van der Waals surface area contributed by atoms with Crippen LogP contribution in [-0.2, 0) is 10.2 Å². The van der Waals surface area contributed by atoms with E-state index >= 15 is 0 Å². The fourth-order valence-electron chi connectivity index (χ4n) is 2.49. The Hall–Kier alpha value is -1.84. The molecule has 1 N–H and O–H groups in total. The minimum absolute atomic E-state index is 0.181. The van der Waals surface area contributed by atoms with Crippen molar-refractivity contribution >= 4 is 11.5 Å². The second-order valence-corrected chi connectivity index (χ2v) is 4.83. The number of carbonyl (C=O) groups is 1. The van der Waals surface area contributed by atoms with Gasteiger partial charge in [0.05, 0.1) is 17.6 Å². The third-order valence-corrected chi connectivity index (χ3v) is 3.55. The lowest BCUT2D eigenvalue weighted by Gasteiger charge is -2.10. The number of aryl methyl sites for hydroxylation is 1. The van der Waals surface area contributed by atoms with E-state index in [2.05, 4.69) is 4.98 Å². The fourth-order valence-corrected chi connectivity index (χ4v) is 2.49. The number of nitrogens with zero attached hydrogens (tertiary/aromatic N) is 2. The van der Waals surface area contributed by atoms with E-state index in [9.17, 15) is 4.79 Å². The van der Waals surface area contributed by atoms with Crippen molar-refractivity contribution < 1.29 is 9.90 Å². The molecule has 1 fully saturated rings. The zero-order valence-electron chi connectivity index (χ0n) is 9.68. The number of aromatic nitrogens is 2. The number of aliphatic carboxylic acids is 1. The Balaban J connectivity index is 2.15. The molecule has 88 valence electrons. The van der Waals surface area contributed by atoms with Gasteiger partial charge in [-0.25, -0.2) is 4.98 Å². The fraction of sp³-hybridized carbons (Fsp3) is 0.385. The van der Waals surface area contributed by atoms with Crippen molar-refractivity contribution in [2.75, 3.05) is 0 Å². The summed E-state index contributed by atoms with van der Waals surface area (Å²) in [4.78, 5) is 15.5. The highest BCUT2D eigenvalue weighted by molar-refractivity contribution is 5.70. The molecule has 3 rings (SSSR count). The molecule has 0 bridgehead atoms. The third kappa shape index (κ3) is 1.52. The van der Waals surface area contributed by atoms with Gasteiger partial charge in [0.25, 0.3) is 0 Å². The van der Waals surface area contributed by atoms with Crippen LogP contribution in [0.4, 0.5) is 0 Å². The highest BCUT2D eigenvalue weighted by atomic mass is 16.4. The second kappa shape index (κ2) is 3.32. The second-order valence-electron chi connectivity index (χ2n) is 4.83. The summed E-state index contributed by atoms with van der Waals surface area (Å²) in [6.07, 6.45) is 3.99. The highest BCUT2D eigenvalue weighted by Gasteiger charge is 2.49. The topological polar surface area (TPSA) is 54.6 Å². The number of pyridine rings is 1. The molecule has 0 aromatic carbocycles. The van der Waals surface area contributed by atoms with Crippen molar-refractivity contribution in [2.24, 2.45) is 0 Å². The minimum atomic E-state index is -0.743. The Morgan fingerprint density at radius 2 is 2.29 bits per heavy atom. The number of hydrogen-bond acceptors (Lipinski definition) is 2. The van der Waals surface area contributed by atoms with Gasteiger partial charge in [-0.05, 0) is 31.9 Å². The molecule has 1 aliphatic rings. The summed E-state index contributed by atoms with van der Waals surface area (Å²) in [5.74, 6) is 0.167. The first-order valence-corrected chi connectivity index (χ1v) is 5.78. The van der Waals surface area contributed by atoms with Crippen LogP contribution >= 0.6 is 0 Å². The van der Waals surface area contributed by atoms with E-state index in [1.54, 1.807) is 0 Å². The number of rotatable bonds is 3. The molecule has 1 saturated carbocycles. The van der Waals surface area contributed by atoms with Gasteiger partial charge in [0, 0.05) is 11.6 Å². The van der Waals surface area contributed by atoms with Crippen molar-refractivity contribution in [3.8, 4) is 0 Å². The minimum Gasteiger partial charge on any atom is -0.481 e. The van der Waals surface area contributed by atoms with Crippen LogP contribution in [0.3, 0.4) is 0 Å². The highest BCUT2D eigenvalue weighted by Crippen LogP contribution is 2.50. The zero-order chi connectivity index (χ0) is 12.0. The molecule has 17 heavy (non-hydrogen) atoms. The summed E-state index contributed by atoms with van der Waals surface area (Å²) in [7, 11) is 0. The van der Waals surface area contributed by atoms with Crippen LogP contribution in [0.15, 0.2) is 24.4 Å². The van der Waals surface area contributed by atoms with Gasteiger partial charge in [0.2, 0.25) is 0 Å². The summed E-state index contributed by atoms with van der Waals surface area (Å²) in [5.41, 5.74) is 1.81. The number of carboxylic acid groups (broad SMARTS) is 1. The molecular weight excluding hydrogens is 216 g/mol. The van der Waals surface area contributed by atoms with Gasteiger partial charge in [0.1, 0.15) is 5.82 Å². The van der Waals surface area contributed by atoms with Crippen molar-refractivity contribution in [3.05, 3.63) is 35.9 Å². The Labute approximate surface area is 98.9 Å². The molecule has 4 heteroatoms. The standard InChI is InChI=1S/C13H14N2O2/c1-9-10-4-2-3-7-15(10)12(14-9)13(5-6-13)8-11(16)17/h2-4,7H,5-6,8H2,1H3,(H,16,17). The predicted octanol–water partition coefficient (Wildman–Crippen LogP) is 2.15. The Kier molecular flexibility index (Phi) is 2.02. The van der Waals surface area contributed by atoms with E-state index in [1.807, 2.05) is 35.7 Å². The van der Waals surface area contributed by atoms with Crippen molar-refractivity contribution in [1.29, 1.82) is 0 Å². The van der Waals surface area contributed by atoms with Crippen molar-refractivity contribution in [3.63, 3.8) is 0 Å². The first-order chi connectivity index (χ1) is 8.12. The van der Waals surface area contributed by atoms with Gasteiger partial charge in [-0.15, -0.1) is 0 Å². The smallest absolute Gasteiger partial charge is 0.304 e. The van der Waals surface area contributed by atoms with E-state index in [1.165, 1.54) is 0 Å². The molecule has 1 aliphatic carbocycles. The quantitative estimate of drug-likeness (QED) is 0.879. The first kappa shape index (κ1) is 10.3. The van der Waals surface area contributed by atoms with Gasteiger partial charge in [-0.2, -0.15) is 0 Å². The van der Waals surface area contributed by atoms with Crippen molar-refractivity contribution in [2.45, 2.75) is 31.6 Å². The van der Waals surface area contributed by atoms with Crippen LogP contribution < -0.4 is 0 Å². The van der Waals surface area contributed by atoms with E-state index in [4.69, 9.17) is 5.11 Å². The summed E-state index contributed by atoms with van der Waals surface area (Å²) >= 11 is 0. The van der Waals surface area contributed by atoms with E-state index in [0.717, 1.165) is 29.9 Å². The lowest BCUT2D eigenvalue weighted by Crippen LogP contribution is -2.16. The maximum absolute atomic E-state index is 10.9. The monoisotopic (exact) mass is 230 g/mol. The van der Waals surface area contributed by atoms with Gasteiger partial charge in [0.15, 0.2) is 0 Å². The van der Waals surface area contributed by atoms with Gasteiger partial charge >= 0.3 is 5.97 Å². The molecule has 0 unspecified atom stereocenters. The lowest BCUT2D eigenvalue weighted by molar-refractivity contribution is -0.137. The molecule has 2 aromatic heterocycles. The molecule has 0 atom stereocenters.